The van der Waals surface area contributed by atoms with Gasteiger partial charge in [0, 0.05) is 0 Å². The maximum absolute atomic E-state index is 12.6. The quantitative estimate of drug-likeness (QED) is 0.0613. The zero-order valence-electron chi connectivity index (χ0n) is 23.5. The van der Waals surface area contributed by atoms with E-state index in [0.29, 0.717) is 0 Å². The van der Waals surface area contributed by atoms with Crippen molar-refractivity contribution in [1.29, 1.82) is 0 Å². The molecule has 0 aliphatic carbocycles. The second-order valence-electron chi connectivity index (χ2n) is 10.2. The van der Waals surface area contributed by atoms with Gasteiger partial charge in [0.15, 0.2) is 5.25 Å². The summed E-state index contributed by atoms with van der Waals surface area (Å²) in [6.07, 6.45) is 16.1. The summed E-state index contributed by atoms with van der Waals surface area (Å²) in [6.45, 7) is 8.82. The number of carbonyl (C=O) groups excluding carboxylic acids is 2. The first-order valence-corrected chi connectivity index (χ1v) is 16.0. The molecule has 0 aliphatic rings. The molecule has 0 radical (unpaired) electrons. The summed E-state index contributed by atoms with van der Waals surface area (Å²) in [4.78, 5) is 25.0. The van der Waals surface area contributed by atoms with Crippen molar-refractivity contribution in [3.63, 3.8) is 0 Å². The Kier molecular flexibility index (Phi) is 26.2. The van der Waals surface area contributed by atoms with Gasteiger partial charge in [-0.3, -0.25) is 14.1 Å². The van der Waals surface area contributed by atoms with Crippen LogP contribution in [0.2, 0.25) is 0 Å². The fraction of sp³-hybridized carbons (Fsp3) is 0.929. The van der Waals surface area contributed by atoms with Crippen molar-refractivity contribution in [2.75, 3.05) is 13.2 Å². The Morgan fingerprint density at radius 1 is 0.649 bits per heavy atom. The van der Waals surface area contributed by atoms with E-state index in [0.717, 1.165) is 96.3 Å². The van der Waals surface area contributed by atoms with E-state index in [1.165, 1.54) is 6.42 Å². The van der Waals surface area contributed by atoms with E-state index in [9.17, 15) is 22.6 Å². The molecular formula is C28H55NaO7S. The van der Waals surface area contributed by atoms with Crippen LogP contribution in [0.15, 0.2) is 0 Å². The Bertz CT molecular complexity index is 669. The number of ether oxygens (including phenoxy) is 2. The van der Waals surface area contributed by atoms with Crippen molar-refractivity contribution in [2.45, 2.75) is 142 Å². The molecule has 216 valence electrons. The Morgan fingerprint density at radius 3 is 1.46 bits per heavy atom. The molecule has 0 saturated carbocycles. The van der Waals surface area contributed by atoms with Gasteiger partial charge in [0.25, 0.3) is 10.1 Å². The monoisotopic (exact) mass is 558 g/mol. The third-order valence-electron chi connectivity index (χ3n) is 6.78. The van der Waals surface area contributed by atoms with Crippen LogP contribution in [-0.4, -0.2) is 72.9 Å². The summed E-state index contributed by atoms with van der Waals surface area (Å²) in [7, 11) is -4.80. The van der Waals surface area contributed by atoms with Gasteiger partial charge >= 0.3 is 41.5 Å². The van der Waals surface area contributed by atoms with Gasteiger partial charge in [-0.25, -0.2) is 0 Å². The van der Waals surface area contributed by atoms with Gasteiger partial charge in [-0.15, -0.1) is 0 Å². The van der Waals surface area contributed by atoms with Crippen LogP contribution < -0.4 is 0 Å². The number of carbonyl (C=O) groups is 2. The van der Waals surface area contributed by atoms with Crippen LogP contribution in [0.3, 0.4) is 0 Å². The summed E-state index contributed by atoms with van der Waals surface area (Å²) in [5.74, 6) is -1.51. The topological polar surface area (TPSA) is 107 Å². The SMILES string of the molecule is CCCCCCC(CCCC)COC(=O)CC(C(=O)OCC(CCCC)CCCCCC)S(=O)(=O)O.[NaH]. The zero-order valence-corrected chi connectivity index (χ0v) is 24.3. The van der Waals surface area contributed by atoms with Crippen molar-refractivity contribution in [2.24, 2.45) is 11.8 Å². The zero-order chi connectivity index (χ0) is 27.2. The third kappa shape index (κ3) is 21.4. The number of rotatable bonds is 24. The average Bonchev–Trinajstić information content (AvgIpc) is 2.84. The molecule has 0 aromatic carbocycles. The summed E-state index contributed by atoms with van der Waals surface area (Å²) in [5.41, 5.74) is 0. The molecule has 0 aromatic rings. The summed E-state index contributed by atoms with van der Waals surface area (Å²) in [5, 5.41) is -1.95. The minimum atomic E-state index is -4.80. The summed E-state index contributed by atoms with van der Waals surface area (Å²) in [6, 6.07) is 0. The summed E-state index contributed by atoms with van der Waals surface area (Å²) >= 11 is 0. The van der Waals surface area contributed by atoms with Crippen molar-refractivity contribution >= 4 is 51.6 Å². The van der Waals surface area contributed by atoms with Crippen LogP contribution in [0, 0.1) is 11.8 Å². The summed E-state index contributed by atoms with van der Waals surface area (Å²) < 4.78 is 44.1. The third-order valence-corrected chi connectivity index (χ3v) is 7.86. The fourth-order valence-electron chi connectivity index (χ4n) is 4.35. The molecule has 0 heterocycles. The van der Waals surface area contributed by atoms with Gasteiger partial charge in [-0.05, 0) is 37.5 Å². The van der Waals surface area contributed by atoms with Crippen molar-refractivity contribution in [3.8, 4) is 0 Å². The van der Waals surface area contributed by atoms with Gasteiger partial charge < -0.3 is 9.47 Å². The number of hydrogen-bond acceptors (Lipinski definition) is 6. The molecular weight excluding hydrogens is 503 g/mol. The van der Waals surface area contributed by atoms with E-state index in [2.05, 4.69) is 27.7 Å². The van der Waals surface area contributed by atoms with Crippen molar-refractivity contribution in [3.05, 3.63) is 0 Å². The van der Waals surface area contributed by atoms with Crippen LogP contribution in [0.4, 0.5) is 0 Å². The second kappa shape index (κ2) is 24.9. The number of unbranched alkanes of at least 4 members (excludes halogenated alkanes) is 8. The predicted octanol–water partition coefficient (Wildman–Crippen LogP) is 6.62. The molecule has 7 nitrogen and oxygen atoms in total. The Morgan fingerprint density at radius 2 is 1.05 bits per heavy atom. The normalized spacial score (nSPS) is 13.9. The molecule has 0 aromatic heterocycles. The molecule has 37 heavy (non-hydrogen) atoms. The Balaban J connectivity index is 0. The van der Waals surface area contributed by atoms with E-state index in [-0.39, 0.29) is 54.6 Å². The molecule has 0 fully saturated rings. The predicted molar refractivity (Wildman–Crippen MR) is 153 cm³/mol. The standard InChI is InChI=1S/C28H54O7S.Na.H/c1-5-9-13-15-19-24(17-11-7-3)22-34-27(29)21-26(36(31,32)33)28(30)35-23-25(18-12-8-4)20-16-14-10-6-2;;/h24-26H,5-23H2,1-4H3,(H,31,32,33);;. The van der Waals surface area contributed by atoms with Gasteiger partial charge in [0.2, 0.25) is 0 Å². The van der Waals surface area contributed by atoms with Gasteiger partial charge in [-0.1, -0.05) is 105 Å². The van der Waals surface area contributed by atoms with Crippen molar-refractivity contribution < 1.29 is 32.0 Å². The van der Waals surface area contributed by atoms with E-state index >= 15 is 0 Å². The number of esters is 2. The van der Waals surface area contributed by atoms with Gasteiger partial charge in [0.1, 0.15) is 0 Å². The van der Waals surface area contributed by atoms with Gasteiger partial charge in [-0.2, -0.15) is 8.42 Å². The van der Waals surface area contributed by atoms with Crippen LogP contribution >= 0.6 is 0 Å². The molecule has 3 atom stereocenters. The van der Waals surface area contributed by atoms with Crippen molar-refractivity contribution in [1.82, 2.24) is 0 Å². The number of hydrogen-bond donors (Lipinski definition) is 1. The van der Waals surface area contributed by atoms with Crippen LogP contribution in [-0.2, 0) is 29.2 Å². The van der Waals surface area contributed by atoms with E-state index in [1.54, 1.807) is 0 Å². The molecule has 0 aliphatic heterocycles. The Labute approximate surface area is 249 Å². The molecule has 0 rings (SSSR count). The molecule has 0 spiro atoms. The first kappa shape index (κ1) is 39.0. The molecule has 0 bridgehead atoms. The second-order valence-corrected chi connectivity index (χ2v) is 11.8. The maximum atomic E-state index is 12.6. The average molecular weight is 559 g/mol. The van der Waals surface area contributed by atoms with Crippen LogP contribution in [0.25, 0.3) is 0 Å². The van der Waals surface area contributed by atoms with E-state index in [4.69, 9.17) is 9.47 Å². The van der Waals surface area contributed by atoms with E-state index in [1.807, 2.05) is 0 Å². The first-order chi connectivity index (χ1) is 17.2. The Hall–Kier alpha value is -0.150. The minimum absolute atomic E-state index is 0. The molecule has 9 heteroatoms. The van der Waals surface area contributed by atoms with E-state index < -0.39 is 33.7 Å². The van der Waals surface area contributed by atoms with Crippen LogP contribution in [0.5, 0.6) is 0 Å². The molecule has 1 N–H and O–H groups in total. The van der Waals surface area contributed by atoms with Gasteiger partial charge in [0.05, 0.1) is 19.6 Å². The molecule has 3 unspecified atom stereocenters. The first-order valence-electron chi connectivity index (χ1n) is 14.5. The fourth-order valence-corrected chi connectivity index (χ4v) is 5.01. The van der Waals surface area contributed by atoms with Crippen LogP contribution in [0.1, 0.15) is 137 Å². The molecule has 0 saturated heterocycles. The molecule has 0 amide bonds.